The Labute approximate surface area is 91.1 Å². The Hall–Kier alpha value is -0.870. The number of nitrogens with two attached hydrogens (primary N) is 1. The summed E-state index contributed by atoms with van der Waals surface area (Å²) in [4.78, 5) is 4.31. The standard InChI is InChI=1S/C10H12BrN3/c1-14-6-13-9-5-8(11)4-7(2-3-12)10(9)14/h4-6H,2-3,12H2,1H3. The van der Waals surface area contributed by atoms with Crippen molar-refractivity contribution in [3.8, 4) is 0 Å². The fourth-order valence-electron chi connectivity index (χ4n) is 1.70. The number of aryl methyl sites for hydroxylation is 1. The van der Waals surface area contributed by atoms with Crippen molar-refractivity contribution in [2.45, 2.75) is 6.42 Å². The van der Waals surface area contributed by atoms with Gasteiger partial charge in [0.25, 0.3) is 0 Å². The predicted octanol–water partition coefficient (Wildman–Crippen LogP) is 1.84. The molecule has 0 saturated heterocycles. The van der Waals surface area contributed by atoms with Crippen molar-refractivity contribution in [3.05, 3.63) is 28.5 Å². The molecule has 1 aromatic carbocycles. The molecule has 0 aliphatic carbocycles. The van der Waals surface area contributed by atoms with Crippen LogP contribution >= 0.6 is 15.9 Å². The number of aromatic nitrogens is 2. The van der Waals surface area contributed by atoms with Crippen LogP contribution in [0.2, 0.25) is 0 Å². The van der Waals surface area contributed by atoms with Gasteiger partial charge in [0.1, 0.15) is 0 Å². The summed E-state index contributed by atoms with van der Waals surface area (Å²) in [5.74, 6) is 0. The third kappa shape index (κ3) is 1.55. The van der Waals surface area contributed by atoms with Crippen molar-refractivity contribution in [1.29, 1.82) is 0 Å². The number of benzene rings is 1. The Morgan fingerprint density at radius 2 is 2.29 bits per heavy atom. The lowest BCUT2D eigenvalue weighted by Gasteiger charge is -2.04. The van der Waals surface area contributed by atoms with Gasteiger partial charge in [0.2, 0.25) is 0 Å². The summed E-state index contributed by atoms with van der Waals surface area (Å²) in [7, 11) is 2.00. The number of nitrogens with zero attached hydrogens (tertiary/aromatic N) is 2. The van der Waals surface area contributed by atoms with Crippen LogP contribution in [0.15, 0.2) is 22.9 Å². The Morgan fingerprint density at radius 3 is 3.00 bits per heavy atom. The third-order valence-corrected chi connectivity index (χ3v) is 2.73. The van der Waals surface area contributed by atoms with Crippen LogP contribution in [0.3, 0.4) is 0 Å². The van der Waals surface area contributed by atoms with Crippen molar-refractivity contribution in [1.82, 2.24) is 9.55 Å². The normalized spacial score (nSPS) is 11.1. The van der Waals surface area contributed by atoms with Gasteiger partial charge >= 0.3 is 0 Å². The molecule has 2 aromatic rings. The maximum absolute atomic E-state index is 5.58. The van der Waals surface area contributed by atoms with Gasteiger partial charge in [-0.15, -0.1) is 0 Å². The molecule has 2 N–H and O–H groups in total. The van der Waals surface area contributed by atoms with Crippen LogP contribution in [0.5, 0.6) is 0 Å². The van der Waals surface area contributed by atoms with Gasteiger partial charge in [-0.3, -0.25) is 0 Å². The van der Waals surface area contributed by atoms with Gasteiger partial charge in [-0.25, -0.2) is 4.98 Å². The maximum Gasteiger partial charge on any atom is 0.0955 e. The summed E-state index contributed by atoms with van der Waals surface area (Å²) in [6.45, 7) is 0.663. The van der Waals surface area contributed by atoms with E-state index in [9.17, 15) is 0 Å². The van der Waals surface area contributed by atoms with Crippen molar-refractivity contribution in [2.24, 2.45) is 12.8 Å². The van der Waals surface area contributed by atoms with Gasteiger partial charge in [-0.1, -0.05) is 15.9 Å². The number of hydrogen-bond acceptors (Lipinski definition) is 2. The van der Waals surface area contributed by atoms with Crippen LogP contribution in [0.1, 0.15) is 5.56 Å². The zero-order chi connectivity index (χ0) is 10.1. The second kappa shape index (κ2) is 3.71. The molecule has 1 aromatic heterocycles. The Bertz CT molecular complexity index is 462. The van der Waals surface area contributed by atoms with E-state index in [1.54, 1.807) is 0 Å². The van der Waals surface area contributed by atoms with Gasteiger partial charge in [0.05, 0.1) is 17.4 Å². The first-order valence-electron chi connectivity index (χ1n) is 4.52. The highest BCUT2D eigenvalue weighted by Crippen LogP contribution is 2.23. The predicted molar refractivity (Wildman–Crippen MR) is 61.2 cm³/mol. The van der Waals surface area contributed by atoms with Gasteiger partial charge in [-0.2, -0.15) is 0 Å². The summed E-state index contributed by atoms with van der Waals surface area (Å²) in [5, 5.41) is 0. The number of hydrogen-bond donors (Lipinski definition) is 1. The molecule has 4 heteroatoms. The van der Waals surface area contributed by atoms with E-state index in [0.29, 0.717) is 6.54 Å². The summed E-state index contributed by atoms with van der Waals surface area (Å²) in [5.41, 5.74) is 9.02. The first-order valence-corrected chi connectivity index (χ1v) is 5.31. The lowest BCUT2D eigenvalue weighted by molar-refractivity contribution is 0.919. The fraction of sp³-hybridized carbons (Fsp3) is 0.300. The van der Waals surface area contributed by atoms with Gasteiger partial charge in [-0.05, 0) is 30.7 Å². The first-order chi connectivity index (χ1) is 6.72. The second-order valence-electron chi connectivity index (χ2n) is 3.33. The number of halogens is 1. The number of rotatable bonds is 2. The smallest absolute Gasteiger partial charge is 0.0955 e. The molecule has 0 atom stereocenters. The van der Waals surface area contributed by atoms with Crippen molar-refractivity contribution in [2.75, 3.05) is 6.54 Å². The minimum Gasteiger partial charge on any atom is -0.334 e. The van der Waals surface area contributed by atoms with Crippen LogP contribution in [-0.2, 0) is 13.5 Å². The lowest BCUT2D eigenvalue weighted by Crippen LogP contribution is -2.04. The molecular weight excluding hydrogens is 242 g/mol. The van der Waals surface area contributed by atoms with E-state index < -0.39 is 0 Å². The average molecular weight is 254 g/mol. The highest BCUT2D eigenvalue weighted by molar-refractivity contribution is 9.10. The molecule has 1 heterocycles. The third-order valence-electron chi connectivity index (χ3n) is 2.27. The summed E-state index contributed by atoms with van der Waals surface area (Å²) < 4.78 is 3.10. The fourth-order valence-corrected chi connectivity index (χ4v) is 2.19. The quantitative estimate of drug-likeness (QED) is 0.888. The second-order valence-corrected chi connectivity index (χ2v) is 4.24. The van der Waals surface area contributed by atoms with Crippen LogP contribution < -0.4 is 5.73 Å². The summed E-state index contributed by atoms with van der Waals surface area (Å²) >= 11 is 3.47. The first kappa shape index (κ1) is 9.68. The molecular formula is C10H12BrN3. The SMILES string of the molecule is Cn1cnc2cc(Br)cc(CCN)c21. The molecule has 3 nitrogen and oxygen atoms in total. The van der Waals surface area contributed by atoms with Crippen LogP contribution in [0, 0.1) is 0 Å². The van der Waals surface area contributed by atoms with E-state index in [-0.39, 0.29) is 0 Å². The van der Waals surface area contributed by atoms with Crippen molar-refractivity contribution >= 4 is 27.0 Å². The number of imidazole rings is 1. The lowest BCUT2D eigenvalue weighted by atomic mass is 10.1. The topological polar surface area (TPSA) is 43.8 Å². The van der Waals surface area contributed by atoms with E-state index in [1.807, 2.05) is 24.0 Å². The van der Waals surface area contributed by atoms with E-state index in [4.69, 9.17) is 5.73 Å². The van der Waals surface area contributed by atoms with E-state index in [2.05, 4.69) is 27.0 Å². The Kier molecular flexibility index (Phi) is 2.56. The van der Waals surface area contributed by atoms with E-state index >= 15 is 0 Å². The molecule has 0 unspecified atom stereocenters. The molecule has 0 amide bonds. The highest BCUT2D eigenvalue weighted by atomic mass is 79.9. The molecule has 0 saturated carbocycles. The molecule has 74 valence electrons. The minimum atomic E-state index is 0.663. The maximum atomic E-state index is 5.58. The zero-order valence-corrected chi connectivity index (χ0v) is 9.58. The Balaban J connectivity index is 2.70. The molecule has 14 heavy (non-hydrogen) atoms. The molecule has 2 rings (SSSR count). The molecule has 0 spiro atoms. The van der Waals surface area contributed by atoms with Gasteiger partial charge in [0.15, 0.2) is 0 Å². The zero-order valence-electron chi connectivity index (χ0n) is 8.00. The summed E-state index contributed by atoms with van der Waals surface area (Å²) in [6, 6.07) is 4.13. The van der Waals surface area contributed by atoms with E-state index in [1.165, 1.54) is 11.1 Å². The molecule has 0 radical (unpaired) electrons. The molecule has 0 bridgehead atoms. The average Bonchev–Trinajstić information content (AvgIpc) is 2.48. The monoisotopic (exact) mass is 253 g/mol. The van der Waals surface area contributed by atoms with Crippen LogP contribution in [0.4, 0.5) is 0 Å². The van der Waals surface area contributed by atoms with Crippen LogP contribution in [-0.4, -0.2) is 16.1 Å². The Morgan fingerprint density at radius 1 is 1.50 bits per heavy atom. The highest BCUT2D eigenvalue weighted by Gasteiger charge is 2.06. The van der Waals surface area contributed by atoms with E-state index in [0.717, 1.165) is 16.4 Å². The number of fused-ring (bicyclic) bond motifs is 1. The van der Waals surface area contributed by atoms with Gasteiger partial charge in [0, 0.05) is 11.5 Å². The van der Waals surface area contributed by atoms with Crippen molar-refractivity contribution < 1.29 is 0 Å². The summed E-state index contributed by atoms with van der Waals surface area (Å²) in [6.07, 6.45) is 2.71. The molecule has 0 aliphatic heterocycles. The van der Waals surface area contributed by atoms with Crippen LogP contribution in [0.25, 0.3) is 11.0 Å². The van der Waals surface area contributed by atoms with Crippen molar-refractivity contribution in [3.63, 3.8) is 0 Å². The molecule has 0 aliphatic rings. The largest absolute Gasteiger partial charge is 0.334 e. The minimum absolute atomic E-state index is 0.663. The van der Waals surface area contributed by atoms with Gasteiger partial charge < -0.3 is 10.3 Å². The molecule has 0 fully saturated rings.